The van der Waals surface area contributed by atoms with Crippen molar-refractivity contribution in [2.75, 3.05) is 25.7 Å². The Balaban J connectivity index is 1.60. The van der Waals surface area contributed by atoms with E-state index in [4.69, 9.17) is 21.1 Å². The third-order valence-electron chi connectivity index (χ3n) is 4.44. The van der Waals surface area contributed by atoms with Crippen molar-refractivity contribution >= 4 is 35.2 Å². The number of hydrogen-bond donors (Lipinski definition) is 1. The number of carbonyl (C=O) groups is 2. The Kier molecular flexibility index (Phi) is 6.21. The van der Waals surface area contributed by atoms with Crippen LogP contribution in [0, 0.1) is 0 Å². The van der Waals surface area contributed by atoms with Gasteiger partial charge in [0.1, 0.15) is 0 Å². The van der Waals surface area contributed by atoms with E-state index in [0.29, 0.717) is 23.1 Å². The van der Waals surface area contributed by atoms with E-state index in [9.17, 15) is 9.59 Å². The molecule has 1 unspecified atom stereocenters. The van der Waals surface area contributed by atoms with Crippen molar-refractivity contribution in [3.8, 4) is 11.5 Å². The molecule has 2 aromatic carbocycles. The van der Waals surface area contributed by atoms with Crippen LogP contribution in [0.2, 0.25) is 5.02 Å². The minimum Gasteiger partial charge on any atom is -0.493 e. The predicted octanol–water partition coefficient (Wildman–Crippen LogP) is 3.29. The molecule has 0 spiro atoms. The van der Waals surface area contributed by atoms with Crippen molar-refractivity contribution in [3.63, 3.8) is 0 Å². The molecule has 7 heteroatoms. The number of benzene rings is 2. The Labute approximate surface area is 168 Å². The molecular weight excluding hydrogens is 380 g/mol. The van der Waals surface area contributed by atoms with Crippen LogP contribution in [0.1, 0.15) is 12.0 Å². The summed E-state index contributed by atoms with van der Waals surface area (Å²) in [5.74, 6) is 0.919. The Morgan fingerprint density at radius 1 is 1.14 bits per heavy atom. The summed E-state index contributed by atoms with van der Waals surface area (Å²) in [6.45, 7) is 0.427. The van der Waals surface area contributed by atoms with Crippen LogP contribution in [0.3, 0.4) is 0 Å². The number of carbonyl (C=O) groups excluding carboxylic acids is 2. The third kappa shape index (κ3) is 4.64. The molecule has 0 saturated carbocycles. The summed E-state index contributed by atoms with van der Waals surface area (Å²) in [6.07, 6.45) is 3.39. The zero-order valence-electron chi connectivity index (χ0n) is 15.6. The molecule has 146 valence electrons. The van der Waals surface area contributed by atoms with E-state index in [0.717, 1.165) is 11.3 Å². The van der Waals surface area contributed by atoms with E-state index in [2.05, 4.69) is 5.32 Å². The normalized spacial score (nSPS) is 16.5. The summed E-state index contributed by atoms with van der Waals surface area (Å²) in [5, 5.41) is 3.48. The number of anilines is 1. The maximum Gasteiger partial charge on any atom is 0.244 e. The fourth-order valence-electron chi connectivity index (χ4n) is 3.05. The van der Waals surface area contributed by atoms with Gasteiger partial charge in [-0.3, -0.25) is 9.59 Å². The van der Waals surface area contributed by atoms with Gasteiger partial charge in [-0.05, 0) is 48.0 Å². The Morgan fingerprint density at radius 3 is 2.54 bits per heavy atom. The predicted molar refractivity (Wildman–Crippen MR) is 109 cm³/mol. The lowest BCUT2D eigenvalue weighted by Crippen LogP contribution is -2.36. The van der Waals surface area contributed by atoms with Crippen LogP contribution < -0.4 is 19.7 Å². The van der Waals surface area contributed by atoms with E-state index < -0.39 is 0 Å². The average molecular weight is 401 g/mol. The largest absolute Gasteiger partial charge is 0.493 e. The molecule has 0 radical (unpaired) electrons. The second kappa shape index (κ2) is 8.80. The lowest BCUT2D eigenvalue weighted by atomic mass is 10.2. The molecule has 0 aromatic heterocycles. The van der Waals surface area contributed by atoms with Gasteiger partial charge in [0.2, 0.25) is 11.8 Å². The van der Waals surface area contributed by atoms with E-state index in [1.165, 1.54) is 6.08 Å². The van der Waals surface area contributed by atoms with Gasteiger partial charge in [-0.1, -0.05) is 17.7 Å². The molecule has 3 rings (SSSR count). The van der Waals surface area contributed by atoms with Crippen molar-refractivity contribution in [1.29, 1.82) is 0 Å². The first kappa shape index (κ1) is 19.8. The first-order valence-corrected chi connectivity index (χ1v) is 9.14. The maximum absolute atomic E-state index is 12.3. The molecule has 1 saturated heterocycles. The fraction of sp³-hybridized carbons (Fsp3) is 0.238. The maximum atomic E-state index is 12.3. The SMILES string of the molecule is COc1ccc(/C=C\C(=O)NC2CC(=O)N(c3ccc(Cl)cc3)C2)cc1OC. The van der Waals surface area contributed by atoms with Gasteiger partial charge in [0.05, 0.1) is 20.3 Å². The number of hydrogen-bond acceptors (Lipinski definition) is 4. The molecular formula is C21H21ClN2O4. The van der Waals surface area contributed by atoms with Gasteiger partial charge in [0.15, 0.2) is 11.5 Å². The van der Waals surface area contributed by atoms with E-state index in [-0.39, 0.29) is 24.3 Å². The van der Waals surface area contributed by atoms with Gasteiger partial charge in [-0.2, -0.15) is 0 Å². The number of nitrogens with one attached hydrogen (secondary N) is 1. The highest BCUT2D eigenvalue weighted by Crippen LogP contribution is 2.28. The topological polar surface area (TPSA) is 67.9 Å². The first-order chi connectivity index (χ1) is 13.5. The molecule has 28 heavy (non-hydrogen) atoms. The summed E-state index contributed by atoms with van der Waals surface area (Å²) in [6, 6.07) is 12.2. The van der Waals surface area contributed by atoms with Crippen LogP contribution in [-0.4, -0.2) is 38.6 Å². The molecule has 1 fully saturated rings. The molecule has 0 bridgehead atoms. The summed E-state index contributed by atoms with van der Waals surface area (Å²) in [5.41, 5.74) is 1.57. The summed E-state index contributed by atoms with van der Waals surface area (Å²) >= 11 is 5.89. The Bertz CT molecular complexity index is 896. The lowest BCUT2D eigenvalue weighted by Gasteiger charge is -2.17. The first-order valence-electron chi connectivity index (χ1n) is 8.76. The van der Waals surface area contributed by atoms with Gasteiger partial charge in [-0.25, -0.2) is 0 Å². The van der Waals surface area contributed by atoms with Crippen molar-refractivity contribution in [2.45, 2.75) is 12.5 Å². The van der Waals surface area contributed by atoms with Gasteiger partial charge in [0, 0.05) is 29.8 Å². The number of halogens is 1. The number of ether oxygens (including phenoxy) is 2. The van der Waals surface area contributed by atoms with E-state index in [1.54, 1.807) is 61.6 Å². The van der Waals surface area contributed by atoms with Gasteiger partial charge in [-0.15, -0.1) is 0 Å². The molecule has 1 aliphatic heterocycles. The summed E-state index contributed by atoms with van der Waals surface area (Å²) in [7, 11) is 3.12. The monoisotopic (exact) mass is 400 g/mol. The highest BCUT2D eigenvalue weighted by molar-refractivity contribution is 6.30. The lowest BCUT2D eigenvalue weighted by molar-refractivity contribution is -0.117. The number of amides is 2. The van der Waals surface area contributed by atoms with Crippen LogP contribution in [0.4, 0.5) is 5.69 Å². The summed E-state index contributed by atoms with van der Waals surface area (Å²) in [4.78, 5) is 26.2. The van der Waals surface area contributed by atoms with Crippen molar-refractivity contribution < 1.29 is 19.1 Å². The van der Waals surface area contributed by atoms with Crippen molar-refractivity contribution in [3.05, 3.63) is 59.1 Å². The van der Waals surface area contributed by atoms with Crippen molar-refractivity contribution in [1.82, 2.24) is 5.32 Å². The second-order valence-electron chi connectivity index (χ2n) is 6.34. The van der Waals surface area contributed by atoms with Crippen LogP contribution in [0.5, 0.6) is 11.5 Å². The molecule has 6 nitrogen and oxygen atoms in total. The molecule has 0 aliphatic carbocycles. The highest BCUT2D eigenvalue weighted by atomic mass is 35.5. The minimum absolute atomic E-state index is 0.0310. The number of nitrogens with zero attached hydrogens (tertiary/aromatic N) is 1. The highest BCUT2D eigenvalue weighted by Gasteiger charge is 2.31. The van der Waals surface area contributed by atoms with Crippen LogP contribution in [0.15, 0.2) is 48.5 Å². The second-order valence-corrected chi connectivity index (χ2v) is 6.77. The third-order valence-corrected chi connectivity index (χ3v) is 4.70. The van der Waals surface area contributed by atoms with Crippen LogP contribution in [-0.2, 0) is 9.59 Å². The smallest absolute Gasteiger partial charge is 0.244 e. The van der Waals surface area contributed by atoms with E-state index >= 15 is 0 Å². The van der Waals surface area contributed by atoms with Crippen LogP contribution in [0.25, 0.3) is 6.08 Å². The molecule has 2 aromatic rings. The fourth-order valence-corrected chi connectivity index (χ4v) is 3.18. The standard InChI is InChI=1S/C21H21ClN2O4/c1-27-18-9-3-14(11-19(18)28-2)4-10-20(25)23-16-12-21(26)24(13-16)17-7-5-15(22)6-8-17/h3-11,16H,12-13H2,1-2H3,(H,23,25)/b10-4-. The minimum atomic E-state index is -0.259. The quantitative estimate of drug-likeness (QED) is 0.755. The average Bonchev–Trinajstić information content (AvgIpc) is 3.06. The number of rotatable bonds is 6. The van der Waals surface area contributed by atoms with E-state index in [1.807, 2.05) is 6.07 Å². The van der Waals surface area contributed by atoms with Crippen LogP contribution >= 0.6 is 11.6 Å². The molecule has 2 amide bonds. The molecule has 1 heterocycles. The number of methoxy groups -OCH3 is 2. The summed E-state index contributed by atoms with van der Waals surface area (Å²) < 4.78 is 10.4. The van der Waals surface area contributed by atoms with Gasteiger partial charge < -0.3 is 19.7 Å². The Morgan fingerprint density at radius 2 is 1.86 bits per heavy atom. The molecule has 1 aliphatic rings. The van der Waals surface area contributed by atoms with Crippen molar-refractivity contribution in [2.24, 2.45) is 0 Å². The van der Waals surface area contributed by atoms with Gasteiger partial charge in [0.25, 0.3) is 0 Å². The zero-order valence-corrected chi connectivity index (χ0v) is 16.4. The van der Waals surface area contributed by atoms with Gasteiger partial charge >= 0.3 is 0 Å². The zero-order chi connectivity index (χ0) is 20.1. The molecule has 1 N–H and O–H groups in total. The Hall–Kier alpha value is -2.99. The molecule has 1 atom stereocenters.